The summed E-state index contributed by atoms with van der Waals surface area (Å²) in [5.41, 5.74) is 0.661. The second kappa shape index (κ2) is 9.78. The van der Waals surface area contributed by atoms with Crippen LogP contribution in [-0.2, 0) is 4.79 Å². The summed E-state index contributed by atoms with van der Waals surface area (Å²) in [5, 5.41) is 5.56. The number of rotatable bonds is 6. The quantitative estimate of drug-likeness (QED) is 0.614. The number of halogens is 1. The lowest BCUT2D eigenvalue weighted by Crippen LogP contribution is -2.47. The molecule has 0 saturated heterocycles. The SMILES string of the molecule is O=C(NC1CCCCC1)[C@@H](c1ccc(F)cc1)N(C(=O)c1cnccn1)c1cccs1. The van der Waals surface area contributed by atoms with Crippen molar-refractivity contribution in [2.75, 3.05) is 4.90 Å². The molecule has 8 heteroatoms. The van der Waals surface area contributed by atoms with Gasteiger partial charge in [-0.05, 0) is 48.1 Å². The molecule has 0 aliphatic heterocycles. The highest BCUT2D eigenvalue weighted by Crippen LogP contribution is 2.33. The van der Waals surface area contributed by atoms with E-state index in [4.69, 9.17) is 0 Å². The lowest BCUT2D eigenvalue weighted by atomic mass is 9.94. The van der Waals surface area contributed by atoms with Crippen LogP contribution in [0, 0.1) is 5.82 Å². The van der Waals surface area contributed by atoms with E-state index >= 15 is 0 Å². The number of carbonyl (C=O) groups excluding carboxylic acids is 2. The van der Waals surface area contributed by atoms with Crippen LogP contribution < -0.4 is 10.2 Å². The summed E-state index contributed by atoms with van der Waals surface area (Å²) in [4.78, 5) is 36.6. The van der Waals surface area contributed by atoms with Crippen LogP contribution in [0.15, 0.2) is 60.4 Å². The molecule has 0 unspecified atom stereocenters. The number of nitrogens with zero attached hydrogens (tertiary/aromatic N) is 3. The van der Waals surface area contributed by atoms with Crippen molar-refractivity contribution in [3.63, 3.8) is 0 Å². The van der Waals surface area contributed by atoms with E-state index in [0.717, 1.165) is 25.7 Å². The van der Waals surface area contributed by atoms with Gasteiger partial charge in [0.15, 0.2) is 0 Å². The van der Waals surface area contributed by atoms with Crippen molar-refractivity contribution in [3.8, 4) is 0 Å². The average molecular weight is 439 g/mol. The van der Waals surface area contributed by atoms with Gasteiger partial charge in [0.25, 0.3) is 5.91 Å². The molecule has 1 saturated carbocycles. The fraction of sp³-hybridized carbons (Fsp3) is 0.304. The summed E-state index contributed by atoms with van der Waals surface area (Å²) in [6.45, 7) is 0. The van der Waals surface area contributed by atoms with E-state index in [0.29, 0.717) is 10.6 Å². The van der Waals surface area contributed by atoms with Crippen LogP contribution in [0.4, 0.5) is 9.39 Å². The topological polar surface area (TPSA) is 75.2 Å². The van der Waals surface area contributed by atoms with Crippen LogP contribution in [0.5, 0.6) is 0 Å². The van der Waals surface area contributed by atoms with E-state index in [-0.39, 0.29) is 17.6 Å². The number of nitrogens with one attached hydrogen (secondary N) is 1. The number of hydrogen-bond donors (Lipinski definition) is 1. The molecule has 1 N–H and O–H groups in total. The Hall–Kier alpha value is -3.13. The number of amides is 2. The Bertz CT molecular complexity index is 1010. The Morgan fingerprint density at radius 3 is 2.52 bits per heavy atom. The van der Waals surface area contributed by atoms with E-state index in [2.05, 4.69) is 15.3 Å². The van der Waals surface area contributed by atoms with Crippen LogP contribution >= 0.6 is 11.3 Å². The molecule has 1 aliphatic rings. The molecule has 0 spiro atoms. The standard InChI is InChI=1S/C23H23FN4O2S/c24-17-10-8-16(9-11-17)21(22(29)27-18-5-2-1-3-6-18)28(20-7-4-14-31-20)23(30)19-15-25-12-13-26-19/h4,7-15,18,21H,1-3,5-6H2,(H,27,29)/t21-/m1/s1. The smallest absolute Gasteiger partial charge is 0.280 e. The highest BCUT2D eigenvalue weighted by molar-refractivity contribution is 7.14. The van der Waals surface area contributed by atoms with Gasteiger partial charge in [-0.3, -0.25) is 19.5 Å². The summed E-state index contributed by atoms with van der Waals surface area (Å²) < 4.78 is 13.6. The normalized spacial score (nSPS) is 15.3. The van der Waals surface area contributed by atoms with Crippen LogP contribution in [0.1, 0.15) is 54.2 Å². The van der Waals surface area contributed by atoms with Crippen molar-refractivity contribution in [2.45, 2.75) is 44.2 Å². The number of benzene rings is 1. The molecule has 1 fully saturated rings. The van der Waals surface area contributed by atoms with Crippen molar-refractivity contribution in [1.82, 2.24) is 15.3 Å². The number of aromatic nitrogens is 2. The first-order valence-electron chi connectivity index (χ1n) is 10.3. The first kappa shape index (κ1) is 21.1. The highest BCUT2D eigenvalue weighted by Gasteiger charge is 2.35. The third-order valence-corrected chi connectivity index (χ3v) is 6.26. The lowest BCUT2D eigenvalue weighted by Gasteiger charge is -2.32. The molecule has 2 aromatic heterocycles. The van der Waals surface area contributed by atoms with E-state index in [1.165, 1.54) is 53.4 Å². The minimum absolute atomic E-state index is 0.0704. The number of thiophene rings is 1. The molecule has 0 radical (unpaired) electrons. The van der Waals surface area contributed by atoms with Gasteiger partial charge in [-0.2, -0.15) is 0 Å². The summed E-state index contributed by atoms with van der Waals surface area (Å²) in [7, 11) is 0. The zero-order valence-electron chi connectivity index (χ0n) is 16.9. The summed E-state index contributed by atoms with van der Waals surface area (Å²) in [6.07, 6.45) is 9.44. The van der Waals surface area contributed by atoms with E-state index < -0.39 is 17.8 Å². The predicted molar refractivity (Wildman–Crippen MR) is 117 cm³/mol. The first-order valence-corrected chi connectivity index (χ1v) is 11.2. The van der Waals surface area contributed by atoms with Crippen molar-refractivity contribution < 1.29 is 14.0 Å². The molecule has 160 valence electrons. The van der Waals surface area contributed by atoms with Crippen LogP contribution in [0.25, 0.3) is 0 Å². The third kappa shape index (κ3) is 4.96. The maximum atomic E-state index is 13.6. The third-order valence-electron chi connectivity index (χ3n) is 5.39. The maximum Gasteiger partial charge on any atom is 0.280 e. The van der Waals surface area contributed by atoms with Gasteiger partial charge in [-0.1, -0.05) is 31.4 Å². The molecular weight excluding hydrogens is 415 g/mol. The first-order chi connectivity index (χ1) is 15.1. The zero-order chi connectivity index (χ0) is 21.6. The largest absolute Gasteiger partial charge is 0.351 e. The molecule has 3 aromatic rings. The Labute approximate surface area is 184 Å². The Morgan fingerprint density at radius 1 is 1.10 bits per heavy atom. The molecule has 31 heavy (non-hydrogen) atoms. The number of carbonyl (C=O) groups is 2. The van der Waals surface area contributed by atoms with Gasteiger partial charge in [-0.15, -0.1) is 11.3 Å². The van der Waals surface area contributed by atoms with E-state index in [9.17, 15) is 14.0 Å². The van der Waals surface area contributed by atoms with Crippen molar-refractivity contribution >= 4 is 28.2 Å². The van der Waals surface area contributed by atoms with Gasteiger partial charge in [0, 0.05) is 18.4 Å². The Balaban J connectivity index is 1.75. The van der Waals surface area contributed by atoms with Crippen molar-refractivity contribution in [2.24, 2.45) is 0 Å². The predicted octanol–water partition coefficient (Wildman–Crippen LogP) is 4.51. The second-order valence-electron chi connectivity index (χ2n) is 7.51. The van der Waals surface area contributed by atoms with Gasteiger partial charge in [0.2, 0.25) is 5.91 Å². The lowest BCUT2D eigenvalue weighted by molar-refractivity contribution is -0.123. The summed E-state index contributed by atoms with van der Waals surface area (Å²) in [6, 6.07) is 8.40. The van der Waals surface area contributed by atoms with Crippen molar-refractivity contribution in [3.05, 3.63) is 77.4 Å². The molecule has 0 bridgehead atoms. The monoisotopic (exact) mass is 438 g/mol. The molecular formula is C23H23FN4O2S. The van der Waals surface area contributed by atoms with Crippen LogP contribution in [0.2, 0.25) is 0 Å². The summed E-state index contributed by atoms with van der Waals surface area (Å²) in [5.74, 6) is -1.13. The fourth-order valence-corrected chi connectivity index (χ4v) is 4.63. The second-order valence-corrected chi connectivity index (χ2v) is 8.44. The number of hydrogen-bond acceptors (Lipinski definition) is 5. The van der Waals surface area contributed by atoms with Gasteiger partial charge >= 0.3 is 0 Å². The highest BCUT2D eigenvalue weighted by atomic mass is 32.1. The molecule has 2 amide bonds. The molecule has 4 rings (SSSR count). The average Bonchev–Trinajstić information content (AvgIpc) is 3.33. The van der Waals surface area contributed by atoms with Crippen molar-refractivity contribution in [1.29, 1.82) is 0 Å². The summed E-state index contributed by atoms with van der Waals surface area (Å²) >= 11 is 1.35. The Morgan fingerprint density at radius 2 is 1.87 bits per heavy atom. The van der Waals surface area contributed by atoms with Crippen LogP contribution in [-0.4, -0.2) is 27.8 Å². The molecule has 2 heterocycles. The number of anilines is 1. The van der Waals surface area contributed by atoms with Gasteiger partial charge in [0.05, 0.1) is 11.2 Å². The van der Waals surface area contributed by atoms with E-state index in [1.54, 1.807) is 18.2 Å². The van der Waals surface area contributed by atoms with Gasteiger partial charge in [0.1, 0.15) is 17.6 Å². The molecule has 1 atom stereocenters. The minimum atomic E-state index is -0.962. The molecule has 6 nitrogen and oxygen atoms in total. The zero-order valence-corrected chi connectivity index (χ0v) is 17.7. The van der Waals surface area contributed by atoms with E-state index in [1.807, 2.05) is 11.4 Å². The molecule has 1 aromatic carbocycles. The van der Waals surface area contributed by atoms with Gasteiger partial charge < -0.3 is 5.32 Å². The minimum Gasteiger partial charge on any atom is -0.351 e. The molecule has 1 aliphatic carbocycles. The van der Waals surface area contributed by atoms with Crippen LogP contribution in [0.3, 0.4) is 0 Å². The van der Waals surface area contributed by atoms with Gasteiger partial charge in [-0.25, -0.2) is 9.37 Å². The Kier molecular flexibility index (Phi) is 6.66. The maximum absolute atomic E-state index is 13.6. The fourth-order valence-electron chi connectivity index (χ4n) is 3.87.